The quantitative estimate of drug-likeness (QED) is 0.603. The zero-order chi connectivity index (χ0) is 12.8. The number of rotatable bonds is 5. The van der Waals surface area contributed by atoms with Gasteiger partial charge in [0.1, 0.15) is 11.6 Å². The number of hydrogen-bond acceptors (Lipinski definition) is 5. The second-order valence-electron chi connectivity index (χ2n) is 3.33. The maximum absolute atomic E-state index is 13.5. The van der Waals surface area contributed by atoms with Crippen molar-refractivity contribution in [2.24, 2.45) is 0 Å². The van der Waals surface area contributed by atoms with Gasteiger partial charge < -0.3 is 20.5 Å². The van der Waals surface area contributed by atoms with Crippen LogP contribution in [0.5, 0.6) is 5.75 Å². The van der Waals surface area contributed by atoms with Crippen molar-refractivity contribution in [3.05, 3.63) is 17.9 Å². The first-order valence-electron chi connectivity index (χ1n) is 5.02. The number of halogens is 1. The Balaban J connectivity index is 2.67. The van der Waals surface area contributed by atoms with Crippen LogP contribution in [-0.4, -0.2) is 26.7 Å². The molecule has 0 aliphatic rings. The summed E-state index contributed by atoms with van der Waals surface area (Å²) in [4.78, 5) is 10.9. The molecule has 0 radical (unpaired) electrons. The molecule has 94 valence electrons. The highest BCUT2D eigenvalue weighted by molar-refractivity contribution is 5.70. The van der Waals surface area contributed by atoms with Crippen LogP contribution in [0.4, 0.5) is 15.8 Å². The molecule has 3 N–H and O–H groups in total. The second kappa shape index (κ2) is 5.93. The predicted molar refractivity (Wildman–Crippen MR) is 62.5 cm³/mol. The van der Waals surface area contributed by atoms with Crippen LogP contribution in [0.3, 0.4) is 0 Å². The Kier molecular flexibility index (Phi) is 4.56. The third-order valence-electron chi connectivity index (χ3n) is 2.19. The minimum Gasteiger partial charge on any atom is -0.495 e. The molecule has 1 aromatic rings. The lowest BCUT2D eigenvalue weighted by atomic mass is 10.2. The van der Waals surface area contributed by atoms with Gasteiger partial charge in [-0.1, -0.05) is 0 Å². The number of anilines is 2. The monoisotopic (exact) mass is 242 g/mol. The van der Waals surface area contributed by atoms with Gasteiger partial charge in [-0.2, -0.15) is 0 Å². The number of esters is 1. The van der Waals surface area contributed by atoms with Crippen molar-refractivity contribution >= 4 is 17.3 Å². The number of carbonyl (C=O) groups is 1. The zero-order valence-electron chi connectivity index (χ0n) is 9.75. The van der Waals surface area contributed by atoms with Gasteiger partial charge in [0.2, 0.25) is 0 Å². The molecule has 1 rings (SSSR count). The molecule has 6 heteroatoms. The summed E-state index contributed by atoms with van der Waals surface area (Å²) in [6.07, 6.45) is 0.155. The Bertz CT molecular complexity index is 410. The summed E-state index contributed by atoms with van der Waals surface area (Å²) < 4.78 is 22.9. The zero-order valence-corrected chi connectivity index (χ0v) is 9.75. The van der Waals surface area contributed by atoms with Crippen LogP contribution in [0, 0.1) is 5.82 Å². The van der Waals surface area contributed by atoms with E-state index in [1.807, 2.05) is 0 Å². The fourth-order valence-corrected chi connectivity index (χ4v) is 1.28. The Morgan fingerprint density at radius 3 is 2.76 bits per heavy atom. The lowest BCUT2D eigenvalue weighted by Gasteiger charge is -2.10. The highest BCUT2D eigenvalue weighted by Crippen LogP contribution is 2.28. The van der Waals surface area contributed by atoms with E-state index >= 15 is 0 Å². The molecule has 0 aliphatic heterocycles. The molecule has 0 fully saturated rings. The van der Waals surface area contributed by atoms with Crippen molar-refractivity contribution in [1.29, 1.82) is 0 Å². The molecule has 0 atom stereocenters. The third-order valence-corrected chi connectivity index (χ3v) is 2.19. The largest absolute Gasteiger partial charge is 0.495 e. The maximum atomic E-state index is 13.5. The summed E-state index contributed by atoms with van der Waals surface area (Å²) in [6, 6.07) is 2.61. The number of hydrogen-bond donors (Lipinski definition) is 2. The SMILES string of the molecule is COC(=O)CCNc1cc(OC)c(N)cc1F. The molecule has 17 heavy (non-hydrogen) atoms. The summed E-state index contributed by atoms with van der Waals surface area (Å²) in [5, 5.41) is 2.77. The Hall–Kier alpha value is -1.98. The van der Waals surface area contributed by atoms with Crippen molar-refractivity contribution in [2.45, 2.75) is 6.42 Å². The molecule has 0 aromatic heterocycles. The minimum atomic E-state index is -0.492. The minimum absolute atomic E-state index is 0.155. The number of nitrogens with one attached hydrogen (secondary N) is 1. The van der Waals surface area contributed by atoms with Crippen LogP contribution in [0.1, 0.15) is 6.42 Å². The van der Waals surface area contributed by atoms with Crippen molar-refractivity contribution in [3.8, 4) is 5.75 Å². The van der Waals surface area contributed by atoms with E-state index in [1.165, 1.54) is 26.4 Å². The number of nitrogen functional groups attached to an aromatic ring is 1. The van der Waals surface area contributed by atoms with Gasteiger partial charge in [0.25, 0.3) is 0 Å². The first kappa shape index (κ1) is 13.1. The normalized spacial score (nSPS) is 9.82. The van der Waals surface area contributed by atoms with Crippen molar-refractivity contribution in [2.75, 3.05) is 31.8 Å². The molecule has 5 nitrogen and oxygen atoms in total. The van der Waals surface area contributed by atoms with Crippen LogP contribution in [0.15, 0.2) is 12.1 Å². The second-order valence-corrected chi connectivity index (χ2v) is 3.33. The lowest BCUT2D eigenvalue weighted by Crippen LogP contribution is -2.10. The smallest absolute Gasteiger partial charge is 0.307 e. The highest BCUT2D eigenvalue weighted by Gasteiger charge is 2.08. The van der Waals surface area contributed by atoms with Gasteiger partial charge in [-0.3, -0.25) is 4.79 Å². The van der Waals surface area contributed by atoms with Crippen LogP contribution in [0.25, 0.3) is 0 Å². The Morgan fingerprint density at radius 1 is 1.47 bits per heavy atom. The van der Waals surface area contributed by atoms with E-state index in [1.54, 1.807) is 0 Å². The van der Waals surface area contributed by atoms with Gasteiger partial charge in [-0.05, 0) is 0 Å². The van der Waals surface area contributed by atoms with Gasteiger partial charge in [-0.15, -0.1) is 0 Å². The third kappa shape index (κ3) is 3.51. The van der Waals surface area contributed by atoms with Gasteiger partial charge in [0.15, 0.2) is 0 Å². The molecule has 0 spiro atoms. The van der Waals surface area contributed by atoms with Crippen molar-refractivity contribution < 1.29 is 18.7 Å². The molecule has 0 bridgehead atoms. The standard InChI is InChI=1S/C11H15FN2O3/c1-16-10-6-9(7(12)5-8(10)13)14-4-3-11(15)17-2/h5-6,14H,3-4,13H2,1-2H3. The summed E-state index contributed by atoms with van der Waals surface area (Å²) in [5.74, 6) is -0.472. The Labute approximate surface area is 98.7 Å². The summed E-state index contributed by atoms with van der Waals surface area (Å²) in [6.45, 7) is 0.274. The predicted octanol–water partition coefficient (Wildman–Crippen LogP) is 1.39. The van der Waals surface area contributed by atoms with Crippen LogP contribution >= 0.6 is 0 Å². The fraction of sp³-hybridized carbons (Fsp3) is 0.364. The molecule has 0 heterocycles. The van der Waals surface area contributed by atoms with E-state index in [4.69, 9.17) is 10.5 Å². The van der Waals surface area contributed by atoms with Crippen LogP contribution in [-0.2, 0) is 9.53 Å². The van der Waals surface area contributed by atoms with E-state index < -0.39 is 5.82 Å². The Morgan fingerprint density at radius 2 is 2.18 bits per heavy atom. The van der Waals surface area contributed by atoms with Crippen molar-refractivity contribution in [3.63, 3.8) is 0 Å². The highest BCUT2D eigenvalue weighted by atomic mass is 19.1. The first-order chi connectivity index (χ1) is 8.08. The number of nitrogens with two attached hydrogens (primary N) is 1. The van der Waals surface area contributed by atoms with Gasteiger partial charge in [0.05, 0.1) is 32.0 Å². The van der Waals surface area contributed by atoms with Crippen LogP contribution < -0.4 is 15.8 Å². The molecule has 0 saturated heterocycles. The van der Waals surface area contributed by atoms with E-state index in [9.17, 15) is 9.18 Å². The van der Waals surface area contributed by atoms with E-state index in [2.05, 4.69) is 10.1 Å². The molecule has 0 amide bonds. The average molecular weight is 242 g/mol. The van der Waals surface area contributed by atoms with Gasteiger partial charge >= 0.3 is 5.97 Å². The molecule has 1 aromatic carbocycles. The van der Waals surface area contributed by atoms with Gasteiger partial charge in [0, 0.05) is 18.7 Å². The molecular formula is C11H15FN2O3. The van der Waals surface area contributed by atoms with E-state index in [0.29, 0.717) is 5.75 Å². The fourth-order valence-electron chi connectivity index (χ4n) is 1.28. The number of methoxy groups -OCH3 is 2. The maximum Gasteiger partial charge on any atom is 0.307 e. The molecule has 0 aliphatic carbocycles. The van der Waals surface area contributed by atoms with Crippen LogP contribution in [0.2, 0.25) is 0 Å². The van der Waals surface area contributed by atoms with E-state index in [0.717, 1.165) is 0 Å². The first-order valence-corrected chi connectivity index (χ1v) is 5.02. The number of benzene rings is 1. The van der Waals surface area contributed by atoms with Gasteiger partial charge in [-0.25, -0.2) is 4.39 Å². The molecular weight excluding hydrogens is 227 g/mol. The average Bonchev–Trinajstić information content (AvgIpc) is 2.31. The van der Waals surface area contributed by atoms with Crippen molar-refractivity contribution in [1.82, 2.24) is 0 Å². The number of ether oxygens (including phenoxy) is 2. The summed E-state index contributed by atoms with van der Waals surface area (Å²) in [7, 11) is 2.75. The number of carbonyl (C=O) groups excluding carboxylic acids is 1. The lowest BCUT2D eigenvalue weighted by molar-refractivity contribution is -0.140. The molecule has 0 saturated carbocycles. The molecule has 0 unspecified atom stereocenters. The summed E-state index contributed by atoms with van der Waals surface area (Å²) in [5.41, 5.74) is 5.99. The topological polar surface area (TPSA) is 73.6 Å². The van der Waals surface area contributed by atoms with E-state index in [-0.39, 0.29) is 30.3 Å². The summed E-state index contributed by atoms with van der Waals surface area (Å²) >= 11 is 0.